The Balaban J connectivity index is 2.66. The van der Waals surface area contributed by atoms with Gasteiger partial charge in [0.1, 0.15) is 0 Å². The van der Waals surface area contributed by atoms with Gasteiger partial charge in [-0.2, -0.15) is 0 Å². The quantitative estimate of drug-likeness (QED) is 0.261. The van der Waals surface area contributed by atoms with E-state index in [-0.39, 0.29) is 49.7 Å². The van der Waals surface area contributed by atoms with Crippen LogP contribution < -0.4 is 0 Å². The Morgan fingerprint density at radius 1 is 0.719 bits per heavy atom. The number of hydrogen-bond acceptors (Lipinski definition) is 10. The molecule has 0 aromatic carbocycles. The molecule has 0 heterocycles. The van der Waals surface area contributed by atoms with Crippen molar-refractivity contribution >= 4 is 29.8 Å². The molecule has 0 spiro atoms. The second kappa shape index (κ2) is 10.4. The topological polar surface area (TPSA) is 132 Å². The van der Waals surface area contributed by atoms with E-state index in [0.29, 0.717) is 11.1 Å². The van der Waals surface area contributed by atoms with Gasteiger partial charge in [0.15, 0.2) is 5.41 Å². The molecule has 1 unspecified atom stereocenters. The van der Waals surface area contributed by atoms with Gasteiger partial charge < -0.3 is 23.7 Å². The molecular weight excluding hydrogens is 424 g/mol. The van der Waals surface area contributed by atoms with Crippen LogP contribution in [0.2, 0.25) is 0 Å². The Kier molecular flexibility index (Phi) is 8.18. The first-order valence-electron chi connectivity index (χ1n) is 10.0. The molecule has 0 radical (unpaired) electrons. The molecule has 176 valence electrons. The summed E-state index contributed by atoms with van der Waals surface area (Å²) < 4.78 is 24.4. The van der Waals surface area contributed by atoms with Crippen molar-refractivity contribution in [3.05, 3.63) is 22.3 Å². The van der Waals surface area contributed by atoms with Crippen LogP contribution in [0.15, 0.2) is 22.3 Å². The van der Waals surface area contributed by atoms with Crippen molar-refractivity contribution in [1.82, 2.24) is 0 Å². The van der Waals surface area contributed by atoms with Crippen molar-refractivity contribution in [3.8, 4) is 0 Å². The third-order valence-corrected chi connectivity index (χ3v) is 6.12. The van der Waals surface area contributed by atoms with Gasteiger partial charge in [0.05, 0.1) is 52.6 Å². The monoisotopic (exact) mass is 452 g/mol. The van der Waals surface area contributed by atoms with Crippen LogP contribution in [0.4, 0.5) is 0 Å². The Morgan fingerprint density at radius 2 is 1.22 bits per heavy atom. The molecule has 0 saturated heterocycles. The minimum Gasteiger partial charge on any atom is -0.469 e. The van der Waals surface area contributed by atoms with Gasteiger partial charge in [0, 0.05) is 12.8 Å². The number of carbonyl (C=O) groups is 5. The summed E-state index contributed by atoms with van der Waals surface area (Å²) in [6.45, 7) is 0. The Hall–Kier alpha value is -3.17. The Labute approximate surface area is 185 Å². The highest BCUT2D eigenvalue weighted by Gasteiger charge is 2.51. The maximum absolute atomic E-state index is 12.8. The lowest BCUT2D eigenvalue weighted by molar-refractivity contribution is -0.171. The normalized spacial score (nSPS) is 20.2. The summed E-state index contributed by atoms with van der Waals surface area (Å²) in [4.78, 5) is 62.9. The van der Waals surface area contributed by atoms with Gasteiger partial charge in [-0.1, -0.05) is 11.1 Å². The fraction of sp³-hybridized carbons (Fsp3) is 0.591. The highest BCUT2D eigenvalue weighted by atomic mass is 16.5. The van der Waals surface area contributed by atoms with E-state index in [1.54, 1.807) is 0 Å². The Bertz CT molecular complexity index is 863. The molecule has 0 amide bonds. The molecule has 1 atom stereocenters. The van der Waals surface area contributed by atoms with Gasteiger partial charge >= 0.3 is 29.8 Å². The molecule has 0 fully saturated rings. The van der Waals surface area contributed by atoms with Crippen molar-refractivity contribution in [3.63, 3.8) is 0 Å². The summed E-state index contributed by atoms with van der Waals surface area (Å²) in [5, 5.41) is 0. The molecule has 0 aliphatic heterocycles. The maximum atomic E-state index is 12.8. The molecule has 0 N–H and O–H groups in total. The number of allylic oxidation sites excluding steroid dienone is 2. The summed E-state index contributed by atoms with van der Waals surface area (Å²) in [5.74, 6) is -4.19. The van der Waals surface area contributed by atoms with Crippen LogP contribution in [0.1, 0.15) is 38.5 Å². The van der Waals surface area contributed by atoms with Crippen molar-refractivity contribution in [1.29, 1.82) is 0 Å². The SMILES string of the molecule is COC(=O)C1=C(C(=O)OC)CC2=C(C1)CC(C(=O)OC)CCC(C(=O)OC)(C(=O)OC)C2. The summed E-state index contributed by atoms with van der Waals surface area (Å²) in [6.07, 6.45) is 0.285. The molecular formula is C22H28O10. The van der Waals surface area contributed by atoms with Crippen LogP contribution in [0.5, 0.6) is 0 Å². The molecule has 2 aliphatic carbocycles. The molecule has 32 heavy (non-hydrogen) atoms. The first-order valence-corrected chi connectivity index (χ1v) is 10.0. The van der Waals surface area contributed by atoms with Crippen molar-refractivity contribution < 1.29 is 47.7 Å². The highest BCUT2D eigenvalue weighted by molar-refractivity contribution is 6.03. The van der Waals surface area contributed by atoms with E-state index in [9.17, 15) is 24.0 Å². The number of methoxy groups -OCH3 is 5. The van der Waals surface area contributed by atoms with E-state index in [4.69, 9.17) is 23.7 Å². The van der Waals surface area contributed by atoms with Gasteiger partial charge in [-0.05, 0) is 25.7 Å². The first-order chi connectivity index (χ1) is 15.2. The molecule has 10 heteroatoms. The lowest BCUT2D eigenvalue weighted by Crippen LogP contribution is -2.43. The number of rotatable bonds is 5. The summed E-state index contributed by atoms with van der Waals surface area (Å²) >= 11 is 0. The second-order valence-corrected chi connectivity index (χ2v) is 7.71. The maximum Gasteiger partial charge on any atom is 0.334 e. The van der Waals surface area contributed by atoms with E-state index in [2.05, 4.69) is 0 Å². The summed E-state index contributed by atoms with van der Waals surface area (Å²) in [7, 11) is 5.96. The average Bonchev–Trinajstić information content (AvgIpc) is 2.81. The lowest BCUT2D eigenvalue weighted by Gasteiger charge is -2.36. The fourth-order valence-corrected chi connectivity index (χ4v) is 4.39. The molecule has 10 nitrogen and oxygen atoms in total. The van der Waals surface area contributed by atoms with Gasteiger partial charge in [-0.15, -0.1) is 0 Å². The summed E-state index contributed by atoms with van der Waals surface area (Å²) in [6, 6.07) is 0. The van der Waals surface area contributed by atoms with Crippen LogP contribution >= 0.6 is 0 Å². The lowest BCUT2D eigenvalue weighted by atomic mass is 9.68. The molecule has 0 saturated carbocycles. The van der Waals surface area contributed by atoms with Crippen LogP contribution in [-0.2, 0) is 47.7 Å². The van der Waals surface area contributed by atoms with Crippen molar-refractivity contribution in [2.24, 2.45) is 11.3 Å². The van der Waals surface area contributed by atoms with E-state index >= 15 is 0 Å². The predicted molar refractivity (Wildman–Crippen MR) is 108 cm³/mol. The first kappa shape index (κ1) is 25.1. The van der Waals surface area contributed by atoms with E-state index in [1.165, 1.54) is 21.3 Å². The van der Waals surface area contributed by atoms with Gasteiger partial charge in [-0.3, -0.25) is 14.4 Å². The van der Waals surface area contributed by atoms with Crippen LogP contribution in [0.25, 0.3) is 0 Å². The molecule has 0 aromatic rings. The average molecular weight is 452 g/mol. The second-order valence-electron chi connectivity index (χ2n) is 7.71. The molecule has 2 aliphatic rings. The number of ether oxygens (including phenoxy) is 5. The predicted octanol–water partition coefficient (Wildman–Crippen LogP) is 1.41. The van der Waals surface area contributed by atoms with Crippen LogP contribution in [0, 0.1) is 11.3 Å². The van der Waals surface area contributed by atoms with Crippen molar-refractivity contribution in [2.45, 2.75) is 38.5 Å². The largest absolute Gasteiger partial charge is 0.469 e. The highest BCUT2D eigenvalue weighted by Crippen LogP contribution is 2.46. The van der Waals surface area contributed by atoms with Gasteiger partial charge in [0.2, 0.25) is 0 Å². The minimum atomic E-state index is -1.71. The molecule has 0 aromatic heterocycles. The van der Waals surface area contributed by atoms with E-state index in [0.717, 1.165) is 14.2 Å². The third kappa shape index (κ3) is 4.68. The Morgan fingerprint density at radius 3 is 1.66 bits per heavy atom. The van der Waals surface area contributed by atoms with Gasteiger partial charge in [0.25, 0.3) is 0 Å². The zero-order valence-corrected chi connectivity index (χ0v) is 18.9. The minimum absolute atomic E-state index is 0.00990. The number of esters is 5. The third-order valence-electron chi connectivity index (χ3n) is 6.12. The van der Waals surface area contributed by atoms with Gasteiger partial charge in [-0.25, -0.2) is 9.59 Å². The number of carbonyl (C=O) groups excluding carboxylic acids is 5. The van der Waals surface area contributed by atoms with Crippen LogP contribution in [0.3, 0.4) is 0 Å². The number of hydrogen-bond donors (Lipinski definition) is 0. The van der Waals surface area contributed by atoms with Crippen molar-refractivity contribution in [2.75, 3.05) is 35.5 Å². The van der Waals surface area contributed by atoms with Crippen LogP contribution in [-0.4, -0.2) is 65.4 Å². The standard InChI is InChI=1S/C22H28O10/c1-28-17(23)12-6-7-22(20(26)31-4,21(27)32-5)11-14-10-16(19(25)30-3)15(18(24)29-2)9-13(14)8-12/h12H,6-11H2,1-5H3. The molecule has 2 rings (SSSR count). The van der Waals surface area contributed by atoms with E-state index in [1.807, 2.05) is 0 Å². The fourth-order valence-electron chi connectivity index (χ4n) is 4.39. The zero-order chi connectivity index (χ0) is 24.1. The summed E-state index contributed by atoms with van der Waals surface area (Å²) in [5.41, 5.74) is -0.283. The smallest absolute Gasteiger partial charge is 0.334 e. The van der Waals surface area contributed by atoms with E-state index < -0.39 is 41.2 Å². The zero-order valence-electron chi connectivity index (χ0n) is 18.9. The molecule has 0 bridgehead atoms.